The second-order valence-electron chi connectivity index (χ2n) is 8.76. The number of ether oxygens (including phenoxy) is 2. The van der Waals surface area contributed by atoms with Gasteiger partial charge in [0, 0.05) is 22.5 Å². The lowest BCUT2D eigenvalue weighted by Gasteiger charge is -2.34. The standard InChI is InChI=1S/C27H24BrNO5/c1-33-18-10-11-19-22(29-26(32)27(12-13-27)20-4-2-3-5-21(20)28)15-23(34-24(19)14-18)16-6-8-17(9-7-16)25(30)31/h2-11,14,22-23H,12-13,15H2,1H3,(H,29,32)(H,30,31)/t22-,23-/m1/s1. The molecule has 7 heteroatoms. The summed E-state index contributed by atoms with van der Waals surface area (Å²) >= 11 is 3.61. The molecule has 0 bridgehead atoms. The highest BCUT2D eigenvalue weighted by Crippen LogP contribution is 2.52. The van der Waals surface area contributed by atoms with E-state index in [-0.39, 0.29) is 23.6 Å². The minimum absolute atomic E-state index is 0.00745. The highest BCUT2D eigenvalue weighted by molar-refractivity contribution is 9.10. The van der Waals surface area contributed by atoms with Gasteiger partial charge in [-0.25, -0.2) is 4.79 Å². The number of hydrogen-bond acceptors (Lipinski definition) is 4. The number of carbonyl (C=O) groups is 2. The minimum atomic E-state index is -0.974. The summed E-state index contributed by atoms with van der Waals surface area (Å²) in [6.45, 7) is 0. The summed E-state index contributed by atoms with van der Waals surface area (Å²) in [6.07, 6.45) is 1.80. The van der Waals surface area contributed by atoms with Crippen molar-refractivity contribution in [2.75, 3.05) is 7.11 Å². The number of carbonyl (C=O) groups excluding carboxylic acids is 1. The Morgan fingerprint density at radius 2 is 1.82 bits per heavy atom. The van der Waals surface area contributed by atoms with E-state index in [4.69, 9.17) is 9.47 Å². The first-order chi connectivity index (χ1) is 16.4. The summed E-state index contributed by atoms with van der Waals surface area (Å²) < 4.78 is 12.6. The van der Waals surface area contributed by atoms with Crippen LogP contribution in [0.15, 0.2) is 71.2 Å². The summed E-state index contributed by atoms with van der Waals surface area (Å²) in [6, 6.07) is 19.9. The maximum atomic E-state index is 13.6. The van der Waals surface area contributed by atoms with Crippen LogP contribution in [-0.2, 0) is 10.2 Å². The van der Waals surface area contributed by atoms with Gasteiger partial charge in [-0.2, -0.15) is 0 Å². The average molecular weight is 522 g/mol. The van der Waals surface area contributed by atoms with Gasteiger partial charge in [-0.15, -0.1) is 0 Å². The summed E-state index contributed by atoms with van der Waals surface area (Å²) in [7, 11) is 1.60. The highest BCUT2D eigenvalue weighted by Gasteiger charge is 2.53. The van der Waals surface area contributed by atoms with Gasteiger partial charge in [0.15, 0.2) is 0 Å². The topological polar surface area (TPSA) is 84.9 Å². The number of carboxylic acids is 1. The lowest BCUT2D eigenvalue weighted by Crippen LogP contribution is -2.39. The molecule has 0 radical (unpaired) electrons. The fraction of sp³-hybridized carbons (Fsp3) is 0.259. The lowest BCUT2D eigenvalue weighted by molar-refractivity contribution is -0.124. The number of halogens is 1. The van der Waals surface area contributed by atoms with Crippen molar-refractivity contribution < 1.29 is 24.2 Å². The van der Waals surface area contributed by atoms with Crippen LogP contribution in [0.3, 0.4) is 0 Å². The average Bonchev–Trinajstić information content (AvgIpc) is 3.66. The van der Waals surface area contributed by atoms with Crippen LogP contribution >= 0.6 is 15.9 Å². The Hall–Kier alpha value is -3.32. The lowest BCUT2D eigenvalue weighted by atomic mass is 9.90. The smallest absolute Gasteiger partial charge is 0.335 e. The van der Waals surface area contributed by atoms with Gasteiger partial charge in [-0.05, 0) is 54.3 Å². The fourth-order valence-electron chi connectivity index (χ4n) is 4.64. The monoisotopic (exact) mass is 521 g/mol. The Morgan fingerprint density at radius 1 is 1.09 bits per heavy atom. The predicted octanol–water partition coefficient (Wildman–Crippen LogP) is 5.57. The van der Waals surface area contributed by atoms with E-state index in [0.29, 0.717) is 17.9 Å². The van der Waals surface area contributed by atoms with Crippen molar-refractivity contribution in [1.82, 2.24) is 5.32 Å². The SMILES string of the molecule is COc1ccc2c(c1)O[C@@H](c1ccc(C(=O)O)cc1)C[C@H]2NC(=O)C1(c2ccccc2Br)CC1. The molecule has 0 unspecified atom stereocenters. The number of rotatable bonds is 6. The third kappa shape index (κ3) is 4.05. The van der Waals surface area contributed by atoms with E-state index in [9.17, 15) is 14.7 Å². The fourth-order valence-corrected chi connectivity index (χ4v) is 5.31. The molecule has 5 rings (SSSR count). The zero-order valence-corrected chi connectivity index (χ0v) is 20.2. The predicted molar refractivity (Wildman–Crippen MR) is 130 cm³/mol. The molecule has 6 nitrogen and oxygen atoms in total. The second kappa shape index (κ2) is 8.80. The van der Waals surface area contributed by atoms with Gasteiger partial charge in [-0.3, -0.25) is 4.79 Å². The van der Waals surface area contributed by atoms with E-state index in [2.05, 4.69) is 21.2 Å². The maximum Gasteiger partial charge on any atom is 0.335 e. The minimum Gasteiger partial charge on any atom is -0.497 e. The zero-order chi connectivity index (χ0) is 23.9. The van der Waals surface area contributed by atoms with Gasteiger partial charge in [0.1, 0.15) is 17.6 Å². The summed E-state index contributed by atoms with van der Waals surface area (Å²) in [5, 5.41) is 12.5. The molecular weight excluding hydrogens is 498 g/mol. The number of hydrogen-bond donors (Lipinski definition) is 2. The molecule has 1 aliphatic carbocycles. The Bertz CT molecular complexity index is 1250. The first-order valence-electron chi connectivity index (χ1n) is 11.1. The number of methoxy groups -OCH3 is 1. The number of benzene rings is 3. The van der Waals surface area contributed by atoms with E-state index in [1.54, 1.807) is 31.4 Å². The van der Waals surface area contributed by atoms with Crippen LogP contribution in [0.1, 0.15) is 58.5 Å². The van der Waals surface area contributed by atoms with Crippen molar-refractivity contribution in [2.45, 2.75) is 36.8 Å². The van der Waals surface area contributed by atoms with Gasteiger partial charge in [-0.1, -0.05) is 46.3 Å². The van der Waals surface area contributed by atoms with Crippen LogP contribution < -0.4 is 14.8 Å². The van der Waals surface area contributed by atoms with E-state index in [0.717, 1.165) is 34.0 Å². The Balaban J connectivity index is 1.45. The summed E-state index contributed by atoms with van der Waals surface area (Å²) in [5.74, 6) is 0.345. The van der Waals surface area contributed by atoms with Gasteiger partial charge in [0.05, 0.1) is 24.1 Å². The number of carboxylic acid groups (broad SMARTS) is 1. The van der Waals surface area contributed by atoms with Crippen LogP contribution in [0.5, 0.6) is 11.5 Å². The van der Waals surface area contributed by atoms with Crippen molar-refractivity contribution >= 4 is 27.8 Å². The highest BCUT2D eigenvalue weighted by atomic mass is 79.9. The van der Waals surface area contributed by atoms with E-state index in [1.165, 1.54) is 0 Å². The first kappa shape index (κ1) is 22.5. The van der Waals surface area contributed by atoms with E-state index in [1.807, 2.05) is 42.5 Å². The van der Waals surface area contributed by atoms with Crippen LogP contribution in [-0.4, -0.2) is 24.1 Å². The molecule has 0 aromatic heterocycles. The largest absolute Gasteiger partial charge is 0.497 e. The number of nitrogens with one attached hydrogen (secondary N) is 1. The molecule has 1 saturated carbocycles. The Kier molecular flexibility index (Phi) is 5.81. The van der Waals surface area contributed by atoms with E-state index < -0.39 is 11.4 Å². The molecule has 174 valence electrons. The van der Waals surface area contributed by atoms with Crippen LogP contribution in [0, 0.1) is 0 Å². The Morgan fingerprint density at radius 3 is 2.47 bits per heavy atom. The number of amides is 1. The van der Waals surface area contributed by atoms with Gasteiger partial charge in [0.25, 0.3) is 0 Å². The first-order valence-corrected chi connectivity index (χ1v) is 11.9. The number of aromatic carboxylic acids is 1. The molecule has 3 aromatic carbocycles. The van der Waals surface area contributed by atoms with Crippen molar-refractivity contribution in [3.63, 3.8) is 0 Å². The van der Waals surface area contributed by atoms with Gasteiger partial charge < -0.3 is 19.9 Å². The van der Waals surface area contributed by atoms with Gasteiger partial charge in [0.2, 0.25) is 5.91 Å². The van der Waals surface area contributed by atoms with Crippen molar-refractivity contribution in [1.29, 1.82) is 0 Å². The molecule has 1 amide bonds. The second-order valence-corrected chi connectivity index (χ2v) is 9.62. The maximum absolute atomic E-state index is 13.6. The van der Waals surface area contributed by atoms with Gasteiger partial charge >= 0.3 is 5.97 Å². The quantitative estimate of drug-likeness (QED) is 0.443. The van der Waals surface area contributed by atoms with E-state index >= 15 is 0 Å². The molecule has 1 fully saturated rings. The number of fused-ring (bicyclic) bond motifs is 1. The normalized spacial score (nSPS) is 19.9. The Labute approximate surface area is 206 Å². The molecular formula is C27H24BrNO5. The molecule has 2 aliphatic rings. The third-order valence-corrected chi connectivity index (χ3v) is 7.42. The summed E-state index contributed by atoms with van der Waals surface area (Å²) in [4.78, 5) is 24.8. The van der Waals surface area contributed by atoms with Crippen LogP contribution in [0.2, 0.25) is 0 Å². The third-order valence-electron chi connectivity index (χ3n) is 6.72. The molecule has 3 aromatic rings. The molecule has 1 aliphatic heterocycles. The molecule has 1 heterocycles. The van der Waals surface area contributed by atoms with Crippen LogP contribution in [0.25, 0.3) is 0 Å². The molecule has 34 heavy (non-hydrogen) atoms. The molecule has 2 N–H and O–H groups in total. The van der Waals surface area contributed by atoms with Crippen molar-refractivity contribution in [3.8, 4) is 11.5 Å². The molecule has 0 spiro atoms. The zero-order valence-electron chi connectivity index (χ0n) is 18.6. The van der Waals surface area contributed by atoms with Crippen molar-refractivity contribution in [3.05, 3.63) is 93.5 Å². The van der Waals surface area contributed by atoms with Crippen molar-refractivity contribution in [2.24, 2.45) is 0 Å². The molecule has 2 atom stereocenters. The molecule has 0 saturated heterocycles. The van der Waals surface area contributed by atoms with Crippen LogP contribution in [0.4, 0.5) is 0 Å². The summed E-state index contributed by atoms with van der Waals surface area (Å²) in [5.41, 5.74) is 2.45.